The number of nitrogens with zero attached hydrogens (tertiary/aromatic N) is 1. The van der Waals surface area contributed by atoms with Crippen molar-refractivity contribution >= 4 is 17.3 Å². The average molecular weight is 285 g/mol. The van der Waals surface area contributed by atoms with E-state index in [4.69, 9.17) is 11.6 Å². The first-order valence-electron chi connectivity index (χ1n) is 6.61. The number of benzene rings is 1. The Balaban J connectivity index is 2.80. The van der Waals surface area contributed by atoms with E-state index in [1.165, 1.54) is 6.07 Å². The van der Waals surface area contributed by atoms with E-state index in [-0.39, 0.29) is 10.6 Å². The van der Waals surface area contributed by atoms with Crippen LogP contribution in [-0.2, 0) is 6.42 Å². The zero-order valence-electron chi connectivity index (χ0n) is 11.6. The largest absolute Gasteiger partial charge is 0.314 e. The Bertz CT molecular complexity index is 437. The third-order valence-corrected chi connectivity index (χ3v) is 3.59. The Morgan fingerprint density at radius 2 is 2.11 bits per heavy atom. The lowest BCUT2D eigenvalue weighted by atomic mass is 9.94. The molecule has 0 amide bonds. The van der Waals surface area contributed by atoms with Crippen LogP contribution in [0.5, 0.6) is 0 Å². The van der Waals surface area contributed by atoms with E-state index in [1.807, 2.05) is 0 Å². The second kappa shape index (κ2) is 7.46. The summed E-state index contributed by atoms with van der Waals surface area (Å²) >= 11 is 5.93. The molecule has 0 saturated heterocycles. The molecule has 4 nitrogen and oxygen atoms in total. The van der Waals surface area contributed by atoms with Gasteiger partial charge in [-0.15, -0.1) is 0 Å². The van der Waals surface area contributed by atoms with E-state index >= 15 is 0 Å². The SMILES string of the molecule is CCCNC(C)C(C)Cc1cc(Cl)ccc1[N+](=O)[O-]. The van der Waals surface area contributed by atoms with E-state index in [2.05, 4.69) is 26.1 Å². The van der Waals surface area contributed by atoms with E-state index in [1.54, 1.807) is 12.1 Å². The number of nitro benzene ring substituents is 1. The standard InChI is InChI=1S/C14H21ClN2O2/c1-4-7-16-11(3)10(2)8-12-9-13(15)5-6-14(12)17(18)19/h5-6,9-11,16H,4,7-8H2,1-3H3. The van der Waals surface area contributed by atoms with Crippen molar-refractivity contribution in [1.29, 1.82) is 0 Å². The molecule has 0 bridgehead atoms. The summed E-state index contributed by atoms with van der Waals surface area (Å²) in [5.74, 6) is 0.309. The van der Waals surface area contributed by atoms with Gasteiger partial charge >= 0.3 is 0 Å². The third-order valence-electron chi connectivity index (χ3n) is 3.35. The molecule has 0 aromatic heterocycles. The summed E-state index contributed by atoms with van der Waals surface area (Å²) in [4.78, 5) is 10.7. The minimum absolute atomic E-state index is 0.152. The van der Waals surface area contributed by atoms with Gasteiger partial charge < -0.3 is 5.32 Å². The van der Waals surface area contributed by atoms with Crippen LogP contribution in [0.15, 0.2) is 18.2 Å². The Morgan fingerprint density at radius 3 is 2.68 bits per heavy atom. The van der Waals surface area contributed by atoms with Gasteiger partial charge in [-0.2, -0.15) is 0 Å². The predicted molar refractivity (Wildman–Crippen MR) is 78.7 cm³/mol. The Kier molecular flexibility index (Phi) is 6.25. The molecule has 0 aliphatic heterocycles. The fourth-order valence-electron chi connectivity index (χ4n) is 1.99. The number of nitrogens with one attached hydrogen (secondary N) is 1. The molecule has 1 aromatic carbocycles. The average Bonchev–Trinajstić information content (AvgIpc) is 2.35. The van der Waals surface area contributed by atoms with Gasteiger partial charge in [0.1, 0.15) is 0 Å². The smallest absolute Gasteiger partial charge is 0.272 e. The molecular weight excluding hydrogens is 264 g/mol. The lowest BCUT2D eigenvalue weighted by Gasteiger charge is -2.21. The summed E-state index contributed by atoms with van der Waals surface area (Å²) in [6, 6.07) is 5.06. The molecule has 0 radical (unpaired) electrons. The lowest BCUT2D eigenvalue weighted by molar-refractivity contribution is -0.385. The van der Waals surface area contributed by atoms with Crippen molar-refractivity contribution in [2.45, 2.75) is 39.7 Å². The van der Waals surface area contributed by atoms with Crippen molar-refractivity contribution in [3.63, 3.8) is 0 Å². The maximum atomic E-state index is 11.0. The van der Waals surface area contributed by atoms with Crippen molar-refractivity contribution in [1.82, 2.24) is 5.32 Å². The minimum Gasteiger partial charge on any atom is -0.314 e. The second-order valence-electron chi connectivity index (χ2n) is 4.95. The first kappa shape index (κ1) is 15.9. The van der Waals surface area contributed by atoms with E-state index < -0.39 is 0 Å². The molecule has 1 aromatic rings. The molecule has 106 valence electrons. The highest BCUT2D eigenvalue weighted by Crippen LogP contribution is 2.26. The van der Waals surface area contributed by atoms with Gasteiger partial charge in [-0.05, 0) is 44.4 Å². The normalized spacial score (nSPS) is 14.1. The van der Waals surface area contributed by atoms with Crippen molar-refractivity contribution < 1.29 is 4.92 Å². The second-order valence-corrected chi connectivity index (χ2v) is 5.39. The van der Waals surface area contributed by atoms with Crippen LogP contribution >= 0.6 is 11.6 Å². The topological polar surface area (TPSA) is 55.2 Å². The summed E-state index contributed by atoms with van der Waals surface area (Å²) in [7, 11) is 0. The van der Waals surface area contributed by atoms with Gasteiger partial charge in [-0.1, -0.05) is 25.4 Å². The molecule has 0 saturated carbocycles. The zero-order chi connectivity index (χ0) is 14.4. The van der Waals surface area contributed by atoms with Gasteiger partial charge in [0, 0.05) is 22.7 Å². The molecule has 2 unspecified atom stereocenters. The summed E-state index contributed by atoms with van der Waals surface area (Å²) in [6.07, 6.45) is 1.73. The van der Waals surface area contributed by atoms with Crippen molar-refractivity contribution in [2.24, 2.45) is 5.92 Å². The molecule has 2 atom stereocenters. The zero-order valence-corrected chi connectivity index (χ0v) is 12.4. The molecule has 19 heavy (non-hydrogen) atoms. The molecule has 1 N–H and O–H groups in total. The first-order chi connectivity index (χ1) is 8.95. The number of halogens is 1. The van der Waals surface area contributed by atoms with Gasteiger partial charge in [0.05, 0.1) is 4.92 Å². The predicted octanol–water partition coefficient (Wildman–Crippen LogP) is 3.81. The van der Waals surface area contributed by atoms with E-state index in [0.717, 1.165) is 13.0 Å². The van der Waals surface area contributed by atoms with Crippen LogP contribution < -0.4 is 5.32 Å². The van der Waals surface area contributed by atoms with Crippen LogP contribution in [-0.4, -0.2) is 17.5 Å². The van der Waals surface area contributed by atoms with Gasteiger partial charge in [-0.3, -0.25) is 10.1 Å². The molecule has 1 rings (SSSR count). The molecular formula is C14H21ClN2O2. The number of nitro groups is 1. The van der Waals surface area contributed by atoms with Crippen LogP contribution in [0.1, 0.15) is 32.8 Å². The van der Waals surface area contributed by atoms with E-state index in [9.17, 15) is 10.1 Å². The molecule has 0 fully saturated rings. The van der Waals surface area contributed by atoms with Gasteiger partial charge in [0.25, 0.3) is 5.69 Å². The van der Waals surface area contributed by atoms with Crippen LogP contribution in [0.25, 0.3) is 0 Å². The fourth-order valence-corrected chi connectivity index (χ4v) is 2.19. The Morgan fingerprint density at radius 1 is 1.42 bits per heavy atom. The molecule has 0 spiro atoms. The maximum Gasteiger partial charge on any atom is 0.272 e. The monoisotopic (exact) mass is 284 g/mol. The van der Waals surface area contributed by atoms with Gasteiger partial charge in [0.2, 0.25) is 0 Å². The third kappa shape index (κ3) is 4.80. The van der Waals surface area contributed by atoms with Crippen molar-refractivity contribution in [3.8, 4) is 0 Å². The molecule has 5 heteroatoms. The summed E-state index contributed by atoms with van der Waals surface area (Å²) < 4.78 is 0. The van der Waals surface area contributed by atoms with Crippen molar-refractivity contribution in [2.75, 3.05) is 6.54 Å². The fraction of sp³-hybridized carbons (Fsp3) is 0.571. The summed E-state index contributed by atoms with van der Waals surface area (Å²) in [5, 5.41) is 15.0. The van der Waals surface area contributed by atoms with E-state index in [0.29, 0.717) is 29.0 Å². The number of rotatable bonds is 7. The molecule has 0 heterocycles. The van der Waals surface area contributed by atoms with Crippen LogP contribution in [0.4, 0.5) is 5.69 Å². The minimum atomic E-state index is -0.345. The molecule has 0 aliphatic rings. The number of hydrogen-bond acceptors (Lipinski definition) is 3. The van der Waals surface area contributed by atoms with Gasteiger partial charge in [-0.25, -0.2) is 0 Å². The van der Waals surface area contributed by atoms with Crippen molar-refractivity contribution in [3.05, 3.63) is 38.9 Å². The Hall–Kier alpha value is -1.13. The highest BCUT2D eigenvalue weighted by molar-refractivity contribution is 6.30. The summed E-state index contributed by atoms with van der Waals surface area (Å²) in [5.41, 5.74) is 0.856. The molecule has 0 aliphatic carbocycles. The highest BCUT2D eigenvalue weighted by atomic mass is 35.5. The lowest BCUT2D eigenvalue weighted by Crippen LogP contribution is -2.33. The summed E-state index contributed by atoms with van der Waals surface area (Å²) in [6.45, 7) is 7.28. The number of hydrogen-bond donors (Lipinski definition) is 1. The van der Waals surface area contributed by atoms with Crippen LogP contribution in [0.2, 0.25) is 5.02 Å². The van der Waals surface area contributed by atoms with Crippen LogP contribution in [0.3, 0.4) is 0 Å². The quantitative estimate of drug-likeness (QED) is 0.612. The van der Waals surface area contributed by atoms with Gasteiger partial charge in [0.15, 0.2) is 0 Å². The van der Waals surface area contributed by atoms with Crippen LogP contribution in [0, 0.1) is 16.0 Å². The Labute approximate surface area is 119 Å². The maximum absolute atomic E-state index is 11.0. The highest BCUT2D eigenvalue weighted by Gasteiger charge is 2.19. The first-order valence-corrected chi connectivity index (χ1v) is 6.99.